The van der Waals surface area contributed by atoms with Gasteiger partial charge in [0.15, 0.2) is 0 Å². The van der Waals surface area contributed by atoms with E-state index in [1.54, 1.807) is 12.1 Å². The van der Waals surface area contributed by atoms with Gasteiger partial charge < -0.3 is 14.5 Å². The molecule has 1 saturated heterocycles. The molecule has 2 bridgehead atoms. The number of amides is 1. The Labute approximate surface area is 196 Å². The SMILES string of the molecule is Cn1cc(CN2C[C@@H]3C[C@H](C2)c2ccc(NC(=O)c4cccs4)c(=O)n2C3)c2ccccc21. The van der Waals surface area contributed by atoms with E-state index in [4.69, 9.17) is 0 Å². The van der Waals surface area contributed by atoms with Crippen molar-refractivity contribution in [1.82, 2.24) is 14.0 Å². The van der Waals surface area contributed by atoms with E-state index in [1.807, 2.05) is 22.1 Å². The maximum atomic E-state index is 13.2. The number of thiophene rings is 1. The van der Waals surface area contributed by atoms with Crippen LogP contribution in [-0.2, 0) is 20.1 Å². The number of likely N-dealkylation sites (tertiary alicyclic amines) is 1. The second-order valence-electron chi connectivity index (χ2n) is 9.29. The minimum absolute atomic E-state index is 0.0883. The number of hydrogen-bond donors (Lipinski definition) is 1. The summed E-state index contributed by atoms with van der Waals surface area (Å²) in [4.78, 5) is 28.8. The Morgan fingerprint density at radius 3 is 2.82 bits per heavy atom. The minimum atomic E-state index is -0.222. The Hall–Kier alpha value is -3.16. The first-order valence-corrected chi connectivity index (χ1v) is 12.3. The first-order chi connectivity index (χ1) is 16.1. The quantitative estimate of drug-likeness (QED) is 0.497. The van der Waals surface area contributed by atoms with Crippen LogP contribution in [0.25, 0.3) is 10.9 Å². The predicted octanol–water partition coefficient (Wildman–Crippen LogP) is 4.27. The molecule has 1 fully saturated rings. The lowest BCUT2D eigenvalue weighted by Gasteiger charge is -2.43. The van der Waals surface area contributed by atoms with Gasteiger partial charge in [0, 0.05) is 61.9 Å². The molecule has 33 heavy (non-hydrogen) atoms. The number of pyridine rings is 1. The van der Waals surface area contributed by atoms with E-state index in [0.717, 1.165) is 31.7 Å². The normalized spacial score (nSPS) is 20.0. The third kappa shape index (κ3) is 3.61. The predicted molar refractivity (Wildman–Crippen MR) is 132 cm³/mol. The number of rotatable bonds is 4. The van der Waals surface area contributed by atoms with Gasteiger partial charge in [-0.3, -0.25) is 14.5 Å². The standard InChI is InChI=1S/C26H26N4O2S/c1-28-14-19(20-5-2-3-6-23(20)28)16-29-12-17-11-18(15-29)22-9-8-21(26(32)30(22)13-17)27-25(31)24-7-4-10-33-24/h2-10,14,17-18H,11-13,15-16H2,1H3,(H,27,31)/t17-,18+/m0/s1. The van der Waals surface area contributed by atoms with Crippen molar-refractivity contribution in [3.63, 3.8) is 0 Å². The first-order valence-electron chi connectivity index (χ1n) is 11.4. The van der Waals surface area contributed by atoms with Gasteiger partial charge in [-0.1, -0.05) is 24.3 Å². The molecule has 0 spiro atoms. The number of hydrogen-bond acceptors (Lipinski definition) is 4. The molecule has 1 N–H and O–H groups in total. The Balaban J connectivity index is 1.24. The molecule has 2 aliphatic rings. The third-order valence-corrected chi connectivity index (χ3v) is 7.92. The van der Waals surface area contributed by atoms with Gasteiger partial charge in [-0.25, -0.2) is 0 Å². The summed E-state index contributed by atoms with van der Waals surface area (Å²) in [5.74, 6) is 0.550. The highest BCUT2D eigenvalue weighted by molar-refractivity contribution is 7.12. The number of nitrogens with zero attached hydrogens (tertiary/aromatic N) is 3. The maximum Gasteiger partial charge on any atom is 0.274 e. The van der Waals surface area contributed by atoms with Gasteiger partial charge in [0.2, 0.25) is 0 Å². The molecule has 4 aromatic rings. The molecule has 168 valence electrons. The van der Waals surface area contributed by atoms with E-state index in [9.17, 15) is 9.59 Å². The third-order valence-electron chi connectivity index (χ3n) is 7.05. The molecule has 7 heteroatoms. The average molecular weight is 459 g/mol. The van der Waals surface area contributed by atoms with Gasteiger partial charge in [-0.15, -0.1) is 11.3 Å². The second-order valence-corrected chi connectivity index (χ2v) is 10.2. The monoisotopic (exact) mass is 458 g/mol. The zero-order valence-corrected chi connectivity index (χ0v) is 19.3. The molecule has 5 heterocycles. The van der Waals surface area contributed by atoms with Crippen molar-refractivity contribution in [3.05, 3.63) is 86.6 Å². The molecule has 1 aromatic carbocycles. The van der Waals surface area contributed by atoms with E-state index in [2.05, 4.69) is 52.3 Å². The fourth-order valence-corrected chi connectivity index (χ4v) is 6.27. The number of benzene rings is 1. The second kappa shape index (κ2) is 8.01. The summed E-state index contributed by atoms with van der Waals surface area (Å²) in [6, 6.07) is 16.0. The van der Waals surface area contributed by atoms with Crippen LogP contribution < -0.4 is 10.9 Å². The van der Waals surface area contributed by atoms with Crippen molar-refractivity contribution >= 4 is 33.8 Å². The van der Waals surface area contributed by atoms with Crippen LogP contribution in [0.1, 0.15) is 33.3 Å². The van der Waals surface area contributed by atoms with Crippen molar-refractivity contribution in [2.24, 2.45) is 13.0 Å². The number of nitrogens with one attached hydrogen (secondary N) is 1. The zero-order valence-electron chi connectivity index (χ0n) is 18.5. The van der Waals surface area contributed by atoms with Gasteiger partial charge in [0.05, 0.1) is 4.88 Å². The molecular formula is C26H26N4O2S. The Morgan fingerprint density at radius 1 is 1.09 bits per heavy atom. The van der Waals surface area contributed by atoms with Gasteiger partial charge in [-0.05, 0) is 47.5 Å². The minimum Gasteiger partial charge on any atom is -0.350 e. The van der Waals surface area contributed by atoms with Crippen LogP contribution in [0.5, 0.6) is 0 Å². The number of anilines is 1. The topological polar surface area (TPSA) is 59.3 Å². The fourth-order valence-electron chi connectivity index (χ4n) is 5.65. The Kier molecular flexibility index (Phi) is 4.96. The molecule has 0 saturated carbocycles. The number of para-hydroxylation sites is 1. The molecule has 0 aliphatic carbocycles. The summed E-state index contributed by atoms with van der Waals surface area (Å²) in [5.41, 5.74) is 3.99. The summed E-state index contributed by atoms with van der Waals surface area (Å²) in [6.45, 7) is 3.56. The van der Waals surface area contributed by atoms with E-state index in [-0.39, 0.29) is 11.5 Å². The average Bonchev–Trinajstić information content (AvgIpc) is 3.45. The Morgan fingerprint density at radius 2 is 1.97 bits per heavy atom. The van der Waals surface area contributed by atoms with Gasteiger partial charge in [0.1, 0.15) is 5.69 Å². The van der Waals surface area contributed by atoms with Crippen LogP contribution in [0.3, 0.4) is 0 Å². The maximum absolute atomic E-state index is 13.2. The summed E-state index contributed by atoms with van der Waals surface area (Å²) >= 11 is 1.37. The van der Waals surface area contributed by atoms with E-state index < -0.39 is 0 Å². The van der Waals surface area contributed by atoms with Crippen LogP contribution >= 0.6 is 11.3 Å². The zero-order chi connectivity index (χ0) is 22.5. The number of fused-ring (bicyclic) bond motifs is 5. The largest absolute Gasteiger partial charge is 0.350 e. The van der Waals surface area contributed by atoms with Crippen LogP contribution in [0.4, 0.5) is 5.69 Å². The summed E-state index contributed by atoms with van der Waals surface area (Å²) in [5, 5.41) is 5.99. The molecule has 1 amide bonds. The molecule has 3 aromatic heterocycles. The number of carbonyl (C=O) groups excluding carboxylic acids is 1. The summed E-state index contributed by atoms with van der Waals surface area (Å²) in [6.07, 6.45) is 3.36. The highest BCUT2D eigenvalue weighted by atomic mass is 32.1. The van der Waals surface area contributed by atoms with E-state index in [1.165, 1.54) is 27.8 Å². The molecule has 2 atom stereocenters. The molecule has 6 nitrogen and oxygen atoms in total. The smallest absolute Gasteiger partial charge is 0.274 e. The lowest BCUT2D eigenvalue weighted by molar-refractivity contribution is 0.103. The highest BCUT2D eigenvalue weighted by Crippen LogP contribution is 2.36. The van der Waals surface area contributed by atoms with Crippen molar-refractivity contribution < 1.29 is 4.79 Å². The van der Waals surface area contributed by atoms with Crippen LogP contribution in [0.2, 0.25) is 0 Å². The van der Waals surface area contributed by atoms with Gasteiger partial charge in [-0.2, -0.15) is 0 Å². The lowest BCUT2D eigenvalue weighted by atomic mass is 9.83. The highest BCUT2D eigenvalue weighted by Gasteiger charge is 2.35. The molecule has 2 aliphatic heterocycles. The fraction of sp³-hybridized carbons (Fsp3) is 0.308. The van der Waals surface area contributed by atoms with Gasteiger partial charge >= 0.3 is 0 Å². The number of aryl methyl sites for hydroxylation is 1. The van der Waals surface area contributed by atoms with Crippen molar-refractivity contribution in [2.45, 2.75) is 25.4 Å². The lowest BCUT2D eigenvalue weighted by Crippen LogP contribution is -2.47. The molecule has 0 unspecified atom stereocenters. The first kappa shape index (κ1) is 20.4. The summed E-state index contributed by atoms with van der Waals surface area (Å²) in [7, 11) is 2.11. The summed E-state index contributed by atoms with van der Waals surface area (Å²) < 4.78 is 4.11. The molecular weight excluding hydrogens is 432 g/mol. The molecule has 6 rings (SSSR count). The number of aromatic nitrogens is 2. The van der Waals surface area contributed by atoms with Crippen LogP contribution in [0.15, 0.2) is 64.9 Å². The number of piperidine rings is 1. The van der Waals surface area contributed by atoms with Crippen LogP contribution in [-0.4, -0.2) is 33.0 Å². The van der Waals surface area contributed by atoms with E-state index >= 15 is 0 Å². The van der Waals surface area contributed by atoms with Crippen LogP contribution in [0, 0.1) is 5.92 Å². The number of carbonyl (C=O) groups is 1. The van der Waals surface area contributed by atoms with Crippen molar-refractivity contribution in [3.8, 4) is 0 Å². The Bertz CT molecular complexity index is 1400. The van der Waals surface area contributed by atoms with E-state index in [0.29, 0.717) is 28.9 Å². The van der Waals surface area contributed by atoms with Crippen molar-refractivity contribution in [2.75, 3.05) is 18.4 Å². The van der Waals surface area contributed by atoms with Crippen molar-refractivity contribution in [1.29, 1.82) is 0 Å². The molecule has 0 radical (unpaired) electrons. The van der Waals surface area contributed by atoms with Gasteiger partial charge in [0.25, 0.3) is 11.5 Å².